The van der Waals surface area contributed by atoms with Crippen molar-refractivity contribution in [2.24, 2.45) is 0 Å². The molecule has 5 aromatic rings. The quantitative estimate of drug-likeness (QED) is 0.0198. The summed E-state index contributed by atoms with van der Waals surface area (Å²) < 4.78 is 35.1. The Morgan fingerprint density at radius 1 is 0.392 bits per heavy atom. The number of rotatable bonds is 41. The number of unbranched alkanes of at least 4 members (excludes halogenated alkanes) is 30. The Kier molecular flexibility index (Phi) is 37.2. The van der Waals surface area contributed by atoms with Crippen molar-refractivity contribution in [3.63, 3.8) is 0 Å². The van der Waals surface area contributed by atoms with E-state index in [0.29, 0.717) is 29.0 Å². The van der Waals surface area contributed by atoms with Crippen LogP contribution in [0.4, 0.5) is 0 Å². The SMILES string of the molecule is CCCCCCCCCCCCCCCCCCOS(=O)(=O)c1ccc(C)cc1.CCCCCCCCCCCCCCCCCCOc1ccc(C(=O)c2ccccc2)c(O)c1.O=C(c1ccccc1)c1ccc(O)cc1O. The van der Waals surface area contributed by atoms with Gasteiger partial charge in [0.2, 0.25) is 0 Å². The highest BCUT2D eigenvalue weighted by molar-refractivity contribution is 7.86. The molecule has 436 valence electrons. The van der Waals surface area contributed by atoms with E-state index in [-0.39, 0.29) is 45.9 Å². The van der Waals surface area contributed by atoms with Gasteiger partial charge in [-0.25, -0.2) is 0 Å². The zero-order chi connectivity index (χ0) is 57.0. The van der Waals surface area contributed by atoms with Gasteiger partial charge in [-0.15, -0.1) is 0 Å². The minimum atomic E-state index is -3.60. The monoisotopic (exact) mass is 1100 g/mol. The lowest BCUT2D eigenvalue weighted by Gasteiger charge is -2.09. The van der Waals surface area contributed by atoms with Gasteiger partial charge in [-0.05, 0) is 56.2 Å². The molecular formula is C69H100O9S. The van der Waals surface area contributed by atoms with Crippen LogP contribution in [0.5, 0.6) is 23.0 Å². The highest BCUT2D eigenvalue weighted by Crippen LogP contribution is 2.27. The van der Waals surface area contributed by atoms with Gasteiger partial charge in [0.1, 0.15) is 23.0 Å². The van der Waals surface area contributed by atoms with Crippen molar-refractivity contribution in [1.82, 2.24) is 0 Å². The molecule has 0 aliphatic rings. The number of carbonyl (C=O) groups is 2. The van der Waals surface area contributed by atoms with Crippen molar-refractivity contribution in [2.75, 3.05) is 13.2 Å². The molecule has 0 spiro atoms. The van der Waals surface area contributed by atoms with Crippen LogP contribution in [-0.4, -0.2) is 48.5 Å². The lowest BCUT2D eigenvalue weighted by atomic mass is 10.0. The van der Waals surface area contributed by atoms with Crippen molar-refractivity contribution in [3.8, 4) is 23.0 Å². The Labute approximate surface area is 478 Å². The van der Waals surface area contributed by atoms with Gasteiger partial charge in [-0.3, -0.25) is 13.8 Å². The number of aryl methyl sites for hydroxylation is 1. The van der Waals surface area contributed by atoms with E-state index in [4.69, 9.17) is 14.0 Å². The molecule has 0 amide bonds. The van der Waals surface area contributed by atoms with E-state index in [9.17, 15) is 28.2 Å². The smallest absolute Gasteiger partial charge is 0.296 e. The van der Waals surface area contributed by atoms with Gasteiger partial charge < -0.3 is 20.1 Å². The fraction of sp³-hybridized carbons (Fsp3) is 0.536. The minimum absolute atomic E-state index is 0.0293. The number of benzene rings is 5. The van der Waals surface area contributed by atoms with E-state index in [1.54, 1.807) is 78.9 Å². The zero-order valence-electron chi connectivity index (χ0n) is 48.8. The molecule has 3 N–H and O–H groups in total. The number of phenolic OH excluding ortho intramolecular Hbond substituents is 3. The largest absolute Gasteiger partial charge is 0.508 e. The molecule has 0 saturated heterocycles. The van der Waals surface area contributed by atoms with E-state index in [1.807, 2.05) is 31.2 Å². The normalized spacial score (nSPS) is 11.1. The van der Waals surface area contributed by atoms with Gasteiger partial charge >= 0.3 is 0 Å². The first-order valence-electron chi connectivity index (χ1n) is 30.6. The molecule has 0 aromatic heterocycles. The molecule has 0 aliphatic carbocycles. The Bertz CT molecular complexity index is 2440. The van der Waals surface area contributed by atoms with Crippen LogP contribution in [0.15, 0.2) is 126 Å². The Hall–Kier alpha value is -5.45. The predicted molar refractivity (Wildman–Crippen MR) is 327 cm³/mol. The topological polar surface area (TPSA) is 147 Å². The summed E-state index contributed by atoms with van der Waals surface area (Å²) in [5.74, 6) is -0.141. The Morgan fingerprint density at radius 2 is 0.734 bits per heavy atom. The van der Waals surface area contributed by atoms with Crippen LogP contribution in [0, 0.1) is 6.92 Å². The molecule has 0 fully saturated rings. The van der Waals surface area contributed by atoms with Crippen molar-refractivity contribution in [1.29, 1.82) is 0 Å². The molecule has 0 atom stereocenters. The highest BCUT2D eigenvalue weighted by atomic mass is 32.2. The fourth-order valence-electron chi connectivity index (χ4n) is 9.43. The highest BCUT2D eigenvalue weighted by Gasteiger charge is 2.16. The average molecular weight is 1110 g/mol. The summed E-state index contributed by atoms with van der Waals surface area (Å²) in [5, 5.41) is 28.9. The predicted octanol–water partition coefficient (Wildman–Crippen LogP) is 19.6. The summed E-state index contributed by atoms with van der Waals surface area (Å²) in [4.78, 5) is 24.7. The van der Waals surface area contributed by atoms with E-state index in [1.165, 1.54) is 198 Å². The van der Waals surface area contributed by atoms with Crippen LogP contribution in [0.2, 0.25) is 0 Å². The number of ketones is 2. The van der Waals surface area contributed by atoms with Crippen LogP contribution in [-0.2, 0) is 14.3 Å². The number of hydrogen-bond acceptors (Lipinski definition) is 9. The van der Waals surface area contributed by atoms with Crippen molar-refractivity contribution >= 4 is 21.7 Å². The van der Waals surface area contributed by atoms with Gasteiger partial charge in [-0.1, -0.05) is 285 Å². The average Bonchev–Trinajstić information content (AvgIpc) is 3.48. The third-order valence-electron chi connectivity index (χ3n) is 14.3. The van der Waals surface area contributed by atoms with Crippen LogP contribution in [0.3, 0.4) is 0 Å². The van der Waals surface area contributed by atoms with Crippen LogP contribution in [0.1, 0.15) is 257 Å². The fourth-order valence-corrected chi connectivity index (χ4v) is 10.4. The number of aromatic hydroxyl groups is 3. The number of carbonyl (C=O) groups excluding carboxylic acids is 2. The molecule has 0 unspecified atom stereocenters. The first kappa shape index (κ1) is 67.8. The summed E-state index contributed by atoms with van der Waals surface area (Å²) in [5.41, 5.74) is 2.61. The summed E-state index contributed by atoms with van der Waals surface area (Å²) in [7, 11) is -3.60. The Morgan fingerprint density at radius 3 is 1.10 bits per heavy atom. The molecule has 0 bridgehead atoms. The van der Waals surface area contributed by atoms with Crippen molar-refractivity contribution < 1.29 is 42.2 Å². The summed E-state index contributed by atoms with van der Waals surface area (Å²) >= 11 is 0. The molecule has 0 radical (unpaired) electrons. The minimum Gasteiger partial charge on any atom is -0.508 e. The number of ether oxygens (including phenoxy) is 1. The molecule has 79 heavy (non-hydrogen) atoms. The summed E-state index contributed by atoms with van der Waals surface area (Å²) in [6.45, 7) is 7.42. The second-order valence-electron chi connectivity index (χ2n) is 21.3. The number of hydrogen-bond donors (Lipinski definition) is 3. The molecular weight excluding hydrogens is 1000 g/mol. The second kappa shape index (κ2) is 43.4. The maximum Gasteiger partial charge on any atom is 0.296 e. The zero-order valence-corrected chi connectivity index (χ0v) is 49.6. The van der Waals surface area contributed by atoms with Gasteiger partial charge in [0, 0.05) is 23.3 Å². The van der Waals surface area contributed by atoms with Crippen molar-refractivity contribution in [3.05, 3.63) is 149 Å². The third-order valence-corrected chi connectivity index (χ3v) is 15.7. The molecule has 9 nitrogen and oxygen atoms in total. The summed E-state index contributed by atoms with van der Waals surface area (Å²) in [6.07, 6.45) is 42.6. The van der Waals surface area contributed by atoms with Gasteiger partial charge in [0.25, 0.3) is 10.1 Å². The van der Waals surface area contributed by atoms with E-state index < -0.39 is 10.1 Å². The molecule has 0 heterocycles. The Balaban J connectivity index is 0.000000330. The first-order chi connectivity index (χ1) is 38.5. The van der Waals surface area contributed by atoms with Crippen LogP contribution in [0.25, 0.3) is 0 Å². The van der Waals surface area contributed by atoms with Crippen LogP contribution >= 0.6 is 0 Å². The standard InChI is InChI=1S/C31H46O3.C25H44O3S.C13H10O3/c1-2-3-4-5-6-7-8-9-10-11-12-13-14-15-16-20-25-34-28-23-24-29(30(32)26-28)31(33)27-21-18-17-19-22-27;1-3-4-5-6-7-8-9-10-11-12-13-14-15-16-17-18-23-28-29(26,27)25-21-19-24(2)20-22-25;14-10-6-7-11(12(15)8-10)13(16)9-4-2-1-3-5-9/h17-19,21-24,26,32H,2-16,20,25H2,1H3;19-22H,3-18,23H2,1-2H3;1-8,14-15H. The maximum atomic E-state index is 12.5. The van der Waals surface area contributed by atoms with Crippen molar-refractivity contribution in [2.45, 2.75) is 231 Å². The molecule has 10 heteroatoms. The lowest BCUT2D eigenvalue weighted by Crippen LogP contribution is -2.07. The third kappa shape index (κ3) is 31.2. The van der Waals surface area contributed by atoms with Gasteiger partial charge in [-0.2, -0.15) is 8.42 Å². The van der Waals surface area contributed by atoms with Crippen LogP contribution < -0.4 is 4.74 Å². The summed E-state index contributed by atoms with van der Waals surface area (Å²) in [6, 6.07) is 33.4. The number of phenols is 3. The van der Waals surface area contributed by atoms with E-state index in [2.05, 4.69) is 13.8 Å². The van der Waals surface area contributed by atoms with E-state index in [0.717, 1.165) is 30.9 Å². The maximum absolute atomic E-state index is 12.5. The molecule has 0 saturated carbocycles. The van der Waals surface area contributed by atoms with Gasteiger partial charge in [0.15, 0.2) is 11.6 Å². The van der Waals surface area contributed by atoms with Gasteiger partial charge in [0.05, 0.1) is 29.2 Å². The van der Waals surface area contributed by atoms with E-state index >= 15 is 0 Å². The molecule has 5 rings (SSSR count). The lowest BCUT2D eigenvalue weighted by molar-refractivity contribution is 0.102. The molecule has 0 aliphatic heterocycles. The second-order valence-corrected chi connectivity index (χ2v) is 22.9. The molecule has 5 aromatic carbocycles. The first-order valence-corrected chi connectivity index (χ1v) is 32.0.